The maximum Gasteiger partial charge on any atom is 0.295 e. The Hall–Kier alpha value is -3.98. The molecule has 2 N–H and O–H groups in total. The predicted octanol–water partition coefficient (Wildman–Crippen LogP) is 5.22. The van der Waals surface area contributed by atoms with Gasteiger partial charge in [-0.15, -0.1) is 0 Å². The summed E-state index contributed by atoms with van der Waals surface area (Å²) in [6, 6.07) is 6.10. The number of rotatable bonds is 8. The smallest absolute Gasteiger partial charge is 0.295 e. The molecule has 2 fully saturated rings. The van der Waals surface area contributed by atoms with Gasteiger partial charge in [0, 0.05) is 37.7 Å². The van der Waals surface area contributed by atoms with E-state index in [1.807, 2.05) is 13.1 Å². The first-order chi connectivity index (χ1) is 20.4. The third-order valence-electron chi connectivity index (χ3n) is 7.55. The van der Waals surface area contributed by atoms with E-state index >= 15 is 0 Å². The zero-order valence-corrected chi connectivity index (χ0v) is 24.5. The van der Waals surface area contributed by atoms with E-state index in [0.29, 0.717) is 24.3 Å². The third-order valence-corrected chi connectivity index (χ3v) is 8.69. The lowest BCUT2D eigenvalue weighted by molar-refractivity contribution is -0.117. The summed E-state index contributed by atoms with van der Waals surface area (Å²) < 4.78 is 76.8. The molecule has 15 heteroatoms. The van der Waals surface area contributed by atoms with Crippen LogP contribution in [0.4, 0.5) is 30.4 Å². The van der Waals surface area contributed by atoms with E-state index < -0.39 is 46.3 Å². The molecule has 3 aromatic heterocycles. The number of anilines is 3. The lowest BCUT2D eigenvalue weighted by Gasteiger charge is -2.25. The van der Waals surface area contributed by atoms with Crippen molar-refractivity contribution in [1.29, 1.82) is 0 Å². The van der Waals surface area contributed by atoms with E-state index in [4.69, 9.17) is 4.74 Å². The Kier molecular flexibility index (Phi) is 7.40. The molecule has 2 aliphatic rings. The van der Waals surface area contributed by atoms with Crippen molar-refractivity contribution in [2.75, 3.05) is 23.5 Å². The summed E-state index contributed by atoms with van der Waals surface area (Å²) >= 11 is 0. The van der Waals surface area contributed by atoms with Crippen LogP contribution in [0.2, 0.25) is 0 Å². The minimum atomic E-state index is -3.80. The monoisotopic (exact) mass is 617 g/mol. The molecule has 0 radical (unpaired) electrons. The van der Waals surface area contributed by atoms with Gasteiger partial charge in [-0.2, -0.15) is 5.10 Å². The van der Waals surface area contributed by atoms with Crippen molar-refractivity contribution >= 4 is 44.1 Å². The number of hydrogen-bond acceptors (Lipinski definition) is 8. The van der Waals surface area contributed by atoms with E-state index in [0.717, 1.165) is 24.7 Å². The number of sulfone groups is 1. The summed E-state index contributed by atoms with van der Waals surface area (Å²) in [6.07, 6.45) is -0.0684. The highest BCUT2D eigenvalue weighted by Gasteiger charge is 2.44. The predicted molar refractivity (Wildman–Crippen MR) is 153 cm³/mol. The Balaban J connectivity index is 1.50. The number of amides is 1. The van der Waals surface area contributed by atoms with Crippen LogP contribution < -0.4 is 10.6 Å². The van der Waals surface area contributed by atoms with Crippen molar-refractivity contribution in [3.63, 3.8) is 0 Å². The van der Waals surface area contributed by atoms with Crippen LogP contribution in [0.3, 0.4) is 0 Å². The molecule has 1 saturated heterocycles. The second kappa shape index (κ2) is 10.9. The summed E-state index contributed by atoms with van der Waals surface area (Å²) in [4.78, 5) is 21.2. The first kappa shape index (κ1) is 29.1. The number of ether oxygens (including phenoxy) is 1. The SMILES string of the molecule is Cc1cn(C)nc1-c1ccc(Nc2cc(NC(=O)C3C[C@@H]3F)nc3c2nc(C(F)F)n3C2CCCCO2)c(S(C)(=O)=O)c1. The average Bonchev–Trinajstić information content (AvgIpc) is 3.40. The van der Waals surface area contributed by atoms with Gasteiger partial charge in [0.2, 0.25) is 5.91 Å². The third kappa shape index (κ3) is 5.70. The molecule has 1 saturated carbocycles. The molecule has 1 aliphatic carbocycles. The van der Waals surface area contributed by atoms with E-state index in [9.17, 15) is 26.4 Å². The van der Waals surface area contributed by atoms with Gasteiger partial charge in [-0.05, 0) is 50.3 Å². The number of imidazole rings is 1. The Morgan fingerprint density at radius 3 is 2.53 bits per heavy atom. The van der Waals surface area contributed by atoms with Crippen LogP contribution in [-0.2, 0) is 26.4 Å². The lowest BCUT2D eigenvalue weighted by atomic mass is 10.1. The van der Waals surface area contributed by atoms with Crippen LogP contribution in [0.5, 0.6) is 0 Å². The fourth-order valence-corrected chi connectivity index (χ4v) is 6.24. The molecule has 0 bridgehead atoms. The van der Waals surface area contributed by atoms with Gasteiger partial charge in [0.1, 0.15) is 23.7 Å². The highest BCUT2D eigenvalue weighted by atomic mass is 32.2. The number of pyridine rings is 1. The summed E-state index contributed by atoms with van der Waals surface area (Å²) in [6.45, 7) is 2.23. The largest absolute Gasteiger partial charge is 0.358 e. The average molecular weight is 618 g/mol. The summed E-state index contributed by atoms with van der Waals surface area (Å²) in [5.41, 5.74) is 2.34. The normalized spacial score (nSPS) is 20.5. The van der Waals surface area contributed by atoms with Crippen LogP contribution in [0.1, 0.15) is 49.7 Å². The highest BCUT2D eigenvalue weighted by molar-refractivity contribution is 7.90. The number of benzene rings is 1. The van der Waals surface area contributed by atoms with E-state index in [1.54, 1.807) is 23.9 Å². The van der Waals surface area contributed by atoms with E-state index in [2.05, 4.69) is 25.7 Å². The number of nitrogens with one attached hydrogen (secondary N) is 2. The molecule has 11 nitrogen and oxygen atoms in total. The molecule has 3 atom stereocenters. The quantitative estimate of drug-likeness (QED) is 0.275. The fourth-order valence-electron chi connectivity index (χ4n) is 5.38. The summed E-state index contributed by atoms with van der Waals surface area (Å²) in [7, 11) is -2.04. The second-order valence-electron chi connectivity index (χ2n) is 11.0. The summed E-state index contributed by atoms with van der Waals surface area (Å²) in [5, 5.41) is 10.0. The number of nitrogens with zero attached hydrogens (tertiary/aromatic N) is 5. The molecular formula is C28H30F3N7O4S. The van der Waals surface area contributed by atoms with Crippen molar-refractivity contribution in [2.24, 2.45) is 13.0 Å². The van der Waals surface area contributed by atoms with Crippen LogP contribution in [0, 0.1) is 12.8 Å². The molecule has 6 rings (SSSR count). The molecule has 4 aromatic rings. The van der Waals surface area contributed by atoms with Crippen LogP contribution in [0.25, 0.3) is 22.4 Å². The minimum Gasteiger partial charge on any atom is -0.358 e. The summed E-state index contributed by atoms with van der Waals surface area (Å²) in [5.74, 6) is -2.02. The number of carbonyl (C=O) groups excluding carboxylic acids is 1. The van der Waals surface area contributed by atoms with Crippen molar-refractivity contribution in [1.82, 2.24) is 24.3 Å². The first-order valence-electron chi connectivity index (χ1n) is 13.8. The topological polar surface area (TPSA) is 133 Å². The maximum atomic E-state index is 14.3. The number of carbonyl (C=O) groups is 1. The highest BCUT2D eigenvalue weighted by Crippen LogP contribution is 2.39. The Bertz CT molecular complexity index is 1830. The molecule has 1 amide bonds. The number of aromatic nitrogens is 5. The number of alkyl halides is 3. The van der Waals surface area contributed by atoms with E-state index in [-0.39, 0.29) is 39.7 Å². The van der Waals surface area contributed by atoms with Gasteiger partial charge >= 0.3 is 0 Å². The van der Waals surface area contributed by atoms with E-state index in [1.165, 1.54) is 16.7 Å². The number of hydrogen-bond donors (Lipinski definition) is 2. The molecule has 1 aromatic carbocycles. The van der Waals surface area contributed by atoms with Gasteiger partial charge in [-0.25, -0.2) is 31.6 Å². The molecular weight excluding hydrogens is 587 g/mol. The molecule has 0 spiro atoms. The van der Waals surface area contributed by atoms with Gasteiger partial charge in [-0.1, -0.05) is 6.07 Å². The standard InChI is InChI=1S/C28H30F3N7O4S/c1-14-13-37(2)36-23(14)15-7-8-18(20(10-15)43(3,40)41)32-19-12-21(34-28(39)16-11-17(16)29)33-26-24(19)35-27(25(30)31)38(26)22-6-4-5-9-42-22/h7-8,10,12-13,16-17,22,25H,4-6,9,11H2,1-3H3,(H2,32,33,34,39)/t16?,17-,22?/m0/s1. The molecule has 228 valence electrons. The molecule has 43 heavy (non-hydrogen) atoms. The Morgan fingerprint density at radius 2 is 1.93 bits per heavy atom. The zero-order chi connectivity index (χ0) is 30.6. The Labute approximate surface area is 245 Å². The molecule has 1 aliphatic heterocycles. The first-order valence-corrected chi connectivity index (χ1v) is 15.7. The zero-order valence-electron chi connectivity index (χ0n) is 23.6. The van der Waals surface area contributed by atoms with Gasteiger partial charge in [-0.3, -0.25) is 14.0 Å². The second-order valence-corrected chi connectivity index (χ2v) is 13.0. The number of halogens is 3. The van der Waals surface area contributed by atoms with Gasteiger partial charge in [0.25, 0.3) is 6.43 Å². The number of fused-ring (bicyclic) bond motifs is 1. The van der Waals surface area contributed by atoms with Crippen molar-refractivity contribution in [2.45, 2.75) is 56.3 Å². The van der Waals surface area contributed by atoms with Crippen LogP contribution in [-0.4, -0.2) is 57.7 Å². The van der Waals surface area contributed by atoms with Gasteiger partial charge in [0.15, 0.2) is 21.3 Å². The van der Waals surface area contributed by atoms with Crippen molar-refractivity contribution in [3.8, 4) is 11.3 Å². The van der Waals surface area contributed by atoms with Crippen LogP contribution >= 0.6 is 0 Å². The molecule has 4 heterocycles. The molecule has 2 unspecified atom stereocenters. The minimum absolute atomic E-state index is 0.0109. The van der Waals surface area contributed by atoms with Crippen molar-refractivity contribution < 1.29 is 31.1 Å². The Morgan fingerprint density at radius 1 is 1.16 bits per heavy atom. The van der Waals surface area contributed by atoms with Crippen molar-refractivity contribution in [3.05, 3.63) is 41.9 Å². The van der Waals surface area contributed by atoms with Crippen LogP contribution in [0.15, 0.2) is 35.4 Å². The number of aryl methyl sites for hydroxylation is 2. The fraction of sp³-hybridized carbons (Fsp3) is 0.429. The maximum absolute atomic E-state index is 14.3. The lowest BCUT2D eigenvalue weighted by Crippen LogP contribution is -2.21. The van der Waals surface area contributed by atoms with Gasteiger partial charge in [0.05, 0.1) is 27.9 Å². The van der Waals surface area contributed by atoms with Gasteiger partial charge < -0.3 is 15.4 Å².